The lowest BCUT2D eigenvalue weighted by Gasteiger charge is -2.07. The summed E-state index contributed by atoms with van der Waals surface area (Å²) in [5, 5.41) is 12.0. The van der Waals surface area contributed by atoms with E-state index in [-0.39, 0.29) is 17.6 Å². The van der Waals surface area contributed by atoms with Crippen LogP contribution in [0.4, 0.5) is 5.69 Å². The molecule has 3 aromatic rings. The molecule has 0 radical (unpaired) electrons. The summed E-state index contributed by atoms with van der Waals surface area (Å²) in [7, 11) is 1.90. The van der Waals surface area contributed by atoms with Gasteiger partial charge in [-0.3, -0.25) is 4.79 Å². The lowest BCUT2D eigenvalue weighted by molar-refractivity contribution is -0.113. The van der Waals surface area contributed by atoms with Crippen LogP contribution in [0.15, 0.2) is 58.6 Å². The van der Waals surface area contributed by atoms with Crippen molar-refractivity contribution in [3.05, 3.63) is 65.5 Å². The predicted molar refractivity (Wildman–Crippen MR) is 128 cm³/mol. The lowest BCUT2D eigenvalue weighted by Crippen LogP contribution is -2.14. The molecule has 0 saturated heterocycles. The van der Waals surface area contributed by atoms with E-state index in [4.69, 9.17) is 4.74 Å². The molecule has 1 aromatic heterocycles. The number of hydrogen-bond donors (Lipinski definition) is 1. The number of carbonyl (C=O) groups excluding carboxylic acids is 2. The third-order valence-corrected chi connectivity index (χ3v) is 6.52. The van der Waals surface area contributed by atoms with E-state index in [9.17, 15) is 9.59 Å². The van der Waals surface area contributed by atoms with E-state index < -0.39 is 0 Å². The minimum atomic E-state index is -0.362. The van der Waals surface area contributed by atoms with Gasteiger partial charge in [0.05, 0.1) is 23.7 Å². The van der Waals surface area contributed by atoms with Crippen molar-refractivity contribution in [3.63, 3.8) is 0 Å². The normalized spacial score (nSPS) is 10.7. The van der Waals surface area contributed by atoms with Gasteiger partial charge in [-0.05, 0) is 49.7 Å². The first-order chi connectivity index (χ1) is 15.5. The van der Waals surface area contributed by atoms with Gasteiger partial charge in [0.2, 0.25) is 5.91 Å². The fourth-order valence-electron chi connectivity index (χ4n) is 2.67. The minimum Gasteiger partial charge on any atom is -0.462 e. The van der Waals surface area contributed by atoms with Crippen LogP contribution in [-0.4, -0.2) is 39.0 Å². The average Bonchev–Trinajstić information content (AvgIpc) is 3.15. The van der Waals surface area contributed by atoms with E-state index in [1.54, 1.807) is 36.0 Å². The number of benzene rings is 2. The maximum atomic E-state index is 12.3. The van der Waals surface area contributed by atoms with Crippen LogP contribution in [-0.2, 0) is 22.3 Å². The summed E-state index contributed by atoms with van der Waals surface area (Å²) in [6.45, 7) is 4.40. The minimum absolute atomic E-state index is 0.158. The Labute approximate surface area is 196 Å². The van der Waals surface area contributed by atoms with Crippen molar-refractivity contribution < 1.29 is 14.3 Å². The summed E-state index contributed by atoms with van der Waals surface area (Å²) in [6.07, 6.45) is 0.774. The Morgan fingerprint density at radius 3 is 2.44 bits per heavy atom. The van der Waals surface area contributed by atoms with Crippen molar-refractivity contribution in [2.75, 3.05) is 17.7 Å². The highest BCUT2D eigenvalue weighted by molar-refractivity contribution is 7.99. The molecule has 0 unspecified atom stereocenters. The average molecular weight is 471 g/mol. The van der Waals surface area contributed by atoms with Crippen LogP contribution < -0.4 is 5.32 Å². The molecule has 1 amide bonds. The fraction of sp³-hybridized carbons (Fsp3) is 0.304. The van der Waals surface area contributed by atoms with Gasteiger partial charge in [-0.25, -0.2) is 4.79 Å². The highest BCUT2D eigenvalue weighted by atomic mass is 32.2. The molecule has 1 heterocycles. The molecule has 168 valence electrons. The van der Waals surface area contributed by atoms with Crippen LogP contribution in [0.1, 0.15) is 35.1 Å². The zero-order valence-electron chi connectivity index (χ0n) is 18.3. The Bertz CT molecular complexity index is 1050. The number of anilines is 1. The summed E-state index contributed by atoms with van der Waals surface area (Å²) in [4.78, 5) is 25.3. The van der Waals surface area contributed by atoms with Gasteiger partial charge in [0.25, 0.3) is 0 Å². The van der Waals surface area contributed by atoms with Gasteiger partial charge in [-0.15, -0.1) is 22.0 Å². The maximum absolute atomic E-state index is 12.3. The van der Waals surface area contributed by atoms with E-state index in [1.165, 1.54) is 22.2 Å². The third kappa shape index (κ3) is 6.86. The predicted octanol–water partition coefficient (Wildman–Crippen LogP) is 4.71. The molecule has 0 aliphatic heterocycles. The summed E-state index contributed by atoms with van der Waals surface area (Å²) in [5.41, 5.74) is 2.31. The fourth-order valence-corrected chi connectivity index (χ4v) is 4.28. The molecule has 0 saturated carbocycles. The van der Waals surface area contributed by atoms with Crippen molar-refractivity contribution >= 4 is 41.1 Å². The van der Waals surface area contributed by atoms with E-state index in [0.29, 0.717) is 28.8 Å². The van der Waals surface area contributed by atoms with Gasteiger partial charge < -0.3 is 14.6 Å². The molecule has 2 aromatic carbocycles. The number of aromatic nitrogens is 3. The molecule has 32 heavy (non-hydrogen) atoms. The van der Waals surface area contributed by atoms with Gasteiger partial charge in [0, 0.05) is 17.6 Å². The Hall–Kier alpha value is -2.78. The highest BCUT2D eigenvalue weighted by Crippen LogP contribution is 2.24. The second-order valence-electron chi connectivity index (χ2n) is 7.11. The Morgan fingerprint density at radius 2 is 1.75 bits per heavy atom. The molecule has 9 heteroatoms. The van der Waals surface area contributed by atoms with Gasteiger partial charge in [-0.1, -0.05) is 36.4 Å². The number of hydrogen-bond acceptors (Lipinski definition) is 7. The molecule has 0 bridgehead atoms. The van der Waals surface area contributed by atoms with Crippen LogP contribution in [0, 0.1) is 6.92 Å². The zero-order chi connectivity index (χ0) is 22.9. The monoisotopic (exact) mass is 470 g/mol. The molecular formula is C23H26N4O3S2. The van der Waals surface area contributed by atoms with Crippen molar-refractivity contribution in [3.8, 4) is 0 Å². The SMILES string of the molecule is CCCOC(=O)c1ccc(NC(=O)CSc2nnc(CSc3ccc(C)cc3)n2C)cc1. The number of rotatable bonds is 10. The number of amides is 1. The van der Waals surface area contributed by atoms with Crippen molar-refractivity contribution in [2.45, 2.75) is 36.1 Å². The van der Waals surface area contributed by atoms with E-state index in [2.05, 4.69) is 46.7 Å². The summed E-state index contributed by atoms with van der Waals surface area (Å²) >= 11 is 3.03. The van der Waals surface area contributed by atoms with Gasteiger partial charge in [0.1, 0.15) is 5.82 Å². The standard InChI is InChI=1S/C23H26N4O3S2/c1-4-13-30-22(29)17-7-9-18(10-8-17)24-21(28)15-32-23-26-25-20(27(23)3)14-31-19-11-5-16(2)6-12-19/h5-12H,4,13-15H2,1-3H3,(H,24,28). The summed E-state index contributed by atoms with van der Waals surface area (Å²) in [6, 6.07) is 15.0. The number of thioether (sulfide) groups is 2. The van der Waals surface area contributed by atoms with Crippen LogP contribution >= 0.6 is 23.5 Å². The molecular weight excluding hydrogens is 444 g/mol. The largest absolute Gasteiger partial charge is 0.462 e. The van der Waals surface area contributed by atoms with Crippen molar-refractivity contribution in [1.82, 2.24) is 14.8 Å². The number of nitrogens with zero attached hydrogens (tertiary/aromatic N) is 3. The van der Waals surface area contributed by atoms with E-state index >= 15 is 0 Å². The number of aryl methyl sites for hydroxylation is 1. The second kappa shape index (κ2) is 11.7. The molecule has 1 N–H and O–H groups in total. The number of ether oxygens (including phenoxy) is 1. The van der Waals surface area contributed by atoms with Crippen LogP contribution in [0.3, 0.4) is 0 Å². The number of esters is 1. The Morgan fingerprint density at radius 1 is 1.03 bits per heavy atom. The Balaban J connectivity index is 1.47. The van der Waals surface area contributed by atoms with Crippen molar-refractivity contribution in [1.29, 1.82) is 0 Å². The van der Waals surface area contributed by atoms with Crippen molar-refractivity contribution in [2.24, 2.45) is 7.05 Å². The quantitative estimate of drug-likeness (QED) is 0.339. The summed E-state index contributed by atoms with van der Waals surface area (Å²) < 4.78 is 7.01. The van der Waals surface area contributed by atoms with E-state index in [1.807, 2.05) is 18.5 Å². The molecule has 7 nitrogen and oxygen atoms in total. The third-order valence-electron chi connectivity index (χ3n) is 4.49. The van der Waals surface area contributed by atoms with E-state index in [0.717, 1.165) is 12.2 Å². The topological polar surface area (TPSA) is 86.1 Å². The van der Waals surface area contributed by atoms with Crippen LogP contribution in [0.5, 0.6) is 0 Å². The first-order valence-corrected chi connectivity index (χ1v) is 12.2. The lowest BCUT2D eigenvalue weighted by atomic mass is 10.2. The number of carbonyl (C=O) groups is 2. The van der Waals surface area contributed by atoms with Gasteiger partial charge in [0.15, 0.2) is 5.16 Å². The highest BCUT2D eigenvalue weighted by Gasteiger charge is 2.13. The second-order valence-corrected chi connectivity index (χ2v) is 9.10. The molecule has 0 fully saturated rings. The maximum Gasteiger partial charge on any atom is 0.338 e. The van der Waals surface area contributed by atoms with Crippen LogP contribution in [0.25, 0.3) is 0 Å². The van der Waals surface area contributed by atoms with Gasteiger partial charge in [-0.2, -0.15) is 0 Å². The van der Waals surface area contributed by atoms with Crippen LogP contribution in [0.2, 0.25) is 0 Å². The molecule has 0 spiro atoms. The molecule has 3 rings (SSSR count). The van der Waals surface area contributed by atoms with Gasteiger partial charge >= 0.3 is 5.97 Å². The first kappa shape index (κ1) is 23.9. The molecule has 0 aliphatic carbocycles. The Kier molecular flexibility index (Phi) is 8.75. The first-order valence-electron chi connectivity index (χ1n) is 10.2. The molecule has 0 atom stereocenters. The smallest absolute Gasteiger partial charge is 0.338 e. The zero-order valence-corrected chi connectivity index (χ0v) is 20.0. The summed E-state index contributed by atoms with van der Waals surface area (Å²) in [5.74, 6) is 1.24. The number of nitrogens with one attached hydrogen (secondary N) is 1. The molecule has 0 aliphatic rings.